The first-order valence-corrected chi connectivity index (χ1v) is 6.76. The summed E-state index contributed by atoms with van der Waals surface area (Å²) in [6.45, 7) is 2.67. The highest BCUT2D eigenvalue weighted by atomic mass is 35.5. The van der Waals surface area contributed by atoms with Crippen molar-refractivity contribution < 1.29 is 0 Å². The number of nitrogens with zero attached hydrogens (tertiary/aromatic N) is 3. The number of nitrogens with two attached hydrogens (primary N) is 1. The minimum atomic E-state index is -0.376. The molecule has 0 aliphatic carbocycles. The molecule has 20 heavy (non-hydrogen) atoms. The van der Waals surface area contributed by atoms with Crippen molar-refractivity contribution >= 4 is 23.2 Å². The van der Waals surface area contributed by atoms with Gasteiger partial charge in [0, 0.05) is 16.9 Å². The number of aromatic nitrogens is 1. The smallest absolute Gasteiger partial charge is 0.196 e. The Balaban J connectivity index is 2.06. The molecule has 2 N–H and O–H groups in total. The van der Waals surface area contributed by atoms with Crippen molar-refractivity contribution in [1.82, 2.24) is 4.98 Å². The molecule has 1 aliphatic heterocycles. The SMILES string of the molecule is CC1(c2ccccn2)CN=C(N)N1c1ccc(Cl)cc1. The second-order valence-corrected chi connectivity index (χ2v) is 5.41. The molecular formula is C15H15ClN4. The number of guanidine groups is 1. The maximum Gasteiger partial charge on any atom is 0.196 e. The fraction of sp³-hybridized carbons (Fsp3) is 0.200. The lowest BCUT2D eigenvalue weighted by Crippen LogP contribution is -2.48. The van der Waals surface area contributed by atoms with Gasteiger partial charge in [-0.15, -0.1) is 0 Å². The van der Waals surface area contributed by atoms with Gasteiger partial charge in [0.15, 0.2) is 5.96 Å². The first kappa shape index (κ1) is 12.9. The van der Waals surface area contributed by atoms with Crippen LogP contribution in [0.15, 0.2) is 53.7 Å². The van der Waals surface area contributed by atoms with Crippen molar-refractivity contribution in [1.29, 1.82) is 0 Å². The molecule has 2 heterocycles. The van der Waals surface area contributed by atoms with E-state index in [2.05, 4.69) is 16.9 Å². The summed E-state index contributed by atoms with van der Waals surface area (Å²) < 4.78 is 0. The summed E-state index contributed by atoms with van der Waals surface area (Å²) in [6, 6.07) is 13.5. The summed E-state index contributed by atoms with van der Waals surface area (Å²) in [6.07, 6.45) is 1.79. The van der Waals surface area contributed by atoms with Gasteiger partial charge < -0.3 is 5.73 Å². The molecule has 0 bridgehead atoms. The van der Waals surface area contributed by atoms with Crippen molar-refractivity contribution in [2.45, 2.75) is 12.5 Å². The minimum Gasteiger partial charge on any atom is -0.369 e. The van der Waals surface area contributed by atoms with Crippen LogP contribution in [0, 0.1) is 0 Å². The quantitative estimate of drug-likeness (QED) is 0.923. The maximum atomic E-state index is 6.08. The van der Waals surface area contributed by atoms with Crippen LogP contribution in [-0.4, -0.2) is 17.5 Å². The van der Waals surface area contributed by atoms with E-state index in [1.165, 1.54) is 0 Å². The molecule has 1 aromatic carbocycles. The minimum absolute atomic E-state index is 0.376. The van der Waals surface area contributed by atoms with Gasteiger partial charge in [-0.3, -0.25) is 14.9 Å². The van der Waals surface area contributed by atoms with Crippen LogP contribution in [0.5, 0.6) is 0 Å². The molecule has 2 aromatic rings. The third-order valence-electron chi connectivity index (χ3n) is 3.57. The van der Waals surface area contributed by atoms with Crippen LogP contribution in [0.4, 0.5) is 5.69 Å². The van der Waals surface area contributed by atoms with Gasteiger partial charge in [0.05, 0.1) is 12.2 Å². The Labute approximate surface area is 122 Å². The van der Waals surface area contributed by atoms with Crippen LogP contribution in [0.2, 0.25) is 5.02 Å². The molecule has 0 spiro atoms. The van der Waals surface area contributed by atoms with Gasteiger partial charge >= 0.3 is 0 Å². The predicted octanol–water partition coefficient (Wildman–Crippen LogP) is 2.79. The Morgan fingerprint density at radius 2 is 1.95 bits per heavy atom. The van der Waals surface area contributed by atoms with Gasteiger partial charge in [0.2, 0.25) is 0 Å². The van der Waals surface area contributed by atoms with Crippen molar-refractivity contribution in [3.8, 4) is 0 Å². The van der Waals surface area contributed by atoms with Gasteiger partial charge in [0.25, 0.3) is 0 Å². The molecule has 1 atom stereocenters. The molecule has 0 saturated heterocycles. The Hall–Kier alpha value is -2.07. The summed E-state index contributed by atoms with van der Waals surface area (Å²) in [4.78, 5) is 10.9. The number of halogens is 1. The summed E-state index contributed by atoms with van der Waals surface area (Å²) in [5, 5.41) is 0.697. The second kappa shape index (κ2) is 4.80. The van der Waals surface area contributed by atoms with Crippen molar-refractivity contribution in [2.75, 3.05) is 11.4 Å². The van der Waals surface area contributed by atoms with E-state index in [4.69, 9.17) is 17.3 Å². The van der Waals surface area contributed by atoms with Crippen LogP contribution >= 0.6 is 11.6 Å². The molecular weight excluding hydrogens is 272 g/mol. The van der Waals surface area contributed by atoms with Gasteiger partial charge in [-0.2, -0.15) is 0 Å². The summed E-state index contributed by atoms with van der Waals surface area (Å²) in [5.41, 5.74) is 7.60. The molecule has 1 aromatic heterocycles. The Kier molecular flexibility index (Phi) is 3.10. The molecule has 4 nitrogen and oxygen atoms in total. The van der Waals surface area contributed by atoms with Crippen LogP contribution in [-0.2, 0) is 5.54 Å². The number of aliphatic imine (C=N–C) groups is 1. The van der Waals surface area contributed by atoms with Crippen LogP contribution in [0.3, 0.4) is 0 Å². The second-order valence-electron chi connectivity index (χ2n) is 4.98. The lowest BCUT2D eigenvalue weighted by atomic mass is 9.95. The van der Waals surface area contributed by atoms with Gasteiger partial charge in [-0.05, 0) is 43.3 Å². The molecule has 1 unspecified atom stereocenters. The van der Waals surface area contributed by atoms with E-state index in [0.29, 0.717) is 17.5 Å². The summed E-state index contributed by atoms with van der Waals surface area (Å²) in [7, 11) is 0. The maximum absolute atomic E-state index is 6.08. The number of hydrogen-bond donors (Lipinski definition) is 1. The van der Waals surface area contributed by atoms with Crippen molar-refractivity contribution in [3.63, 3.8) is 0 Å². The molecule has 1 aliphatic rings. The highest BCUT2D eigenvalue weighted by Crippen LogP contribution is 2.35. The van der Waals surface area contributed by atoms with E-state index in [1.54, 1.807) is 6.20 Å². The lowest BCUT2D eigenvalue weighted by Gasteiger charge is -2.35. The highest BCUT2D eigenvalue weighted by molar-refractivity contribution is 6.30. The van der Waals surface area contributed by atoms with E-state index < -0.39 is 0 Å². The number of pyridine rings is 1. The fourth-order valence-corrected chi connectivity index (χ4v) is 2.64. The van der Waals surface area contributed by atoms with E-state index >= 15 is 0 Å². The highest BCUT2D eigenvalue weighted by Gasteiger charge is 2.41. The molecule has 0 saturated carbocycles. The fourth-order valence-electron chi connectivity index (χ4n) is 2.51. The lowest BCUT2D eigenvalue weighted by molar-refractivity contribution is 0.516. The Morgan fingerprint density at radius 1 is 1.20 bits per heavy atom. The molecule has 102 valence electrons. The molecule has 0 amide bonds. The van der Waals surface area contributed by atoms with E-state index in [0.717, 1.165) is 11.4 Å². The third kappa shape index (κ3) is 2.02. The van der Waals surface area contributed by atoms with E-state index in [9.17, 15) is 0 Å². The number of hydrogen-bond acceptors (Lipinski definition) is 4. The van der Waals surface area contributed by atoms with E-state index in [1.807, 2.05) is 47.4 Å². The zero-order valence-electron chi connectivity index (χ0n) is 11.1. The molecule has 5 heteroatoms. The zero-order chi connectivity index (χ0) is 14.2. The average Bonchev–Trinajstić information content (AvgIpc) is 2.78. The van der Waals surface area contributed by atoms with Gasteiger partial charge in [-0.25, -0.2) is 0 Å². The van der Waals surface area contributed by atoms with Crippen LogP contribution in [0.1, 0.15) is 12.6 Å². The summed E-state index contributed by atoms with van der Waals surface area (Å²) in [5.74, 6) is 0.500. The first-order valence-electron chi connectivity index (χ1n) is 6.38. The third-order valence-corrected chi connectivity index (χ3v) is 3.83. The Bertz CT molecular complexity index is 639. The monoisotopic (exact) mass is 286 g/mol. The first-order chi connectivity index (χ1) is 9.61. The molecule has 0 fully saturated rings. The van der Waals surface area contributed by atoms with E-state index in [-0.39, 0.29) is 5.54 Å². The molecule has 3 rings (SSSR count). The number of benzene rings is 1. The van der Waals surface area contributed by atoms with Crippen LogP contribution in [0.25, 0.3) is 0 Å². The largest absolute Gasteiger partial charge is 0.369 e. The normalized spacial score (nSPS) is 21.9. The zero-order valence-corrected chi connectivity index (χ0v) is 11.9. The Morgan fingerprint density at radius 3 is 2.60 bits per heavy atom. The van der Waals surface area contributed by atoms with Gasteiger partial charge in [0.1, 0.15) is 5.54 Å². The molecule has 0 radical (unpaired) electrons. The average molecular weight is 287 g/mol. The van der Waals surface area contributed by atoms with Crippen molar-refractivity contribution in [2.24, 2.45) is 10.7 Å². The number of rotatable bonds is 2. The summed E-state index contributed by atoms with van der Waals surface area (Å²) >= 11 is 5.95. The van der Waals surface area contributed by atoms with Crippen molar-refractivity contribution in [3.05, 3.63) is 59.4 Å². The predicted molar refractivity (Wildman–Crippen MR) is 82.0 cm³/mol. The van der Waals surface area contributed by atoms with Gasteiger partial charge in [-0.1, -0.05) is 17.7 Å². The standard InChI is InChI=1S/C15H15ClN4/c1-15(13-4-2-3-9-18-13)10-19-14(17)20(15)12-7-5-11(16)6-8-12/h2-9H,10H2,1H3,(H2,17,19). The van der Waals surface area contributed by atoms with Crippen LogP contribution < -0.4 is 10.6 Å². The topological polar surface area (TPSA) is 54.5 Å². The number of anilines is 1.